The molecule has 1 aromatic heterocycles. The molecule has 5 nitrogen and oxygen atoms in total. The molecule has 0 spiro atoms. The number of anilines is 1. The van der Waals surface area contributed by atoms with Gasteiger partial charge >= 0.3 is 0 Å². The van der Waals surface area contributed by atoms with Crippen molar-refractivity contribution in [2.24, 2.45) is 0 Å². The first-order chi connectivity index (χ1) is 11.6. The normalized spacial score (nSPS) is 16.7. The number of nitrogens with zero attached hydrogens (tertiary/aromatic N) is 2. The second kappa shape index (κ2) is 5.89. The molecule has 0 bridgehead atoms. The zero-order chi connectivity index (χ0) is 16.7. The summed E-state index contributed by atoms with van der Waals surface area (Å²) in [6, 6.07) is 8.90. The molecule has 4 rings (SSSR count). The number of carbonyl (C=O) groups excluding carboxylic acids is 1. The molecular weight excluding hydrogens is 300 g/mol. The van der Waals surface area contributed by atoms with Gasteiger partial charge < -0.3 is 10.6 Å². The number of amides is 1. The van der Waals surface area contributed by atoms with Crippen molar-refractivity contribution in [3.05, 3.63) is 52.5 Å². The maximum Gasteiger partial charge on any atom is 0.270 e. The number of fused-ring (bicyclic) bond motifs is 2. The Bertz CT molecular complexity index is 775. The Labute approximate surface area is 141 Å². The van der Waals surface area contributed by atoms with Gasteiger partial charge in [-0.2, -0.15) is 0 Å². The molecular formula is C19H22N4O. The van der Waals surface area contributed by atoms with E-state index in [4.69, 9.17) is 4.98 Å². The minimum absolute atomic E-state index is 0.0849. The van der Waals surface area contributed by atoms with Gasteiger partial charge in [0.1, 0.15) is 17.3 Å². The zero-order valence-corrected chi connectivity index (χ0v) is 14.1. The lowest BCUT2D eigenvalue weighted by atomic mass is 10.0. The van der Waals surface area contributed by atoms with Gasteiger partial charge in [-0.05, 0) is 30.4 Å². The van der Waals surface area contributed by atoms with Gasteiger partial charge in [-0.15, -0.1) is 0 Å². The van der Waals surface area contributed by atoms with Gasteiger partial charge in [0, 0.05) is 24.1 Å². The van der Waals surface area contributed by atoms with E-state index in [0.717, 1.165) is 36.5 Å². The van der Waals surface area contributed by atoms with Gasteiger partial charge in [-0.25, -0.2) is 9.97 Å². The number of carbonyl (C=O) groups is 1. The summed E-state index contributed by atoms with van der Waals surface area (Å²) < 4.78 is 0. The maximum absolute atomic E-state index is 12.2. The summed E-state index contributed by atoms with van der Waals surface area (Å²) in [5.74, 6) is 1.67. The number of nitrogens with one attached hydrogen (secondary N) is 2. The predicted octanol–water partition coefficient (Wildman–Crippen LogP) is 2.47. The van der Waals surface area contributed by atoms with E-state index < -0.39 is 0 Å². The van der Waals surface area contributed by atoms with Crippen LogP contribution < -0.4 is 10.6 Å². The lowest BCUT2D eigenvalue weighted by molar-refractivity contribution is 0.0940. The summed E-state index contributed by atoms with van der Waals surface area (Å²) in [5, 5.41) is 6.48. The molecule has 0 saturated heterocycles. The van der Waals surface area contributed by atoms with Gasteiger partial charge in [0.05, 0.1) is 0 Å². The molecule has 124 valence electrons. The number of rotatable bonds is 3. The molecule has 5 heteroatoms. The maximum atomic E-state index is 12.2. The highest BCUT2D eigenvalue weighted by Crippen LogP contribution is 2.28. The standard InChI is InChI=1S/C19H22N4O/c1-11(2)17-22-16-15(7-8-20-19(16)24)18(23-17)21-14-9-12-5-3-4-6-13(12)10-14/h3-6,11,14H,7-10H2,1-2H3,(H,20,24)(H,21,22,23). The molecule has 1 aromatic carbocycles. The monoisotopic (exact) mass is 322 g/mol. The fourth-order valence-electron chi connectivity index (χ4n) is 3.54. The highest BCUT2D eigenvalue weighted by atomic mass is 16.1. The average molecular weight is 322 g/mol. The van der Waals surface area contributed by atoms with Crippen molar-refractivity contribution in [1.29, 1.82) is 0 Å². The first-order valence-electron chi connectivity index (χ1n) is 8.64. The Hall–Kier alpha value is -2.43. The summed E-state index contributed by atoms with van der Waals surface area (Å²) in [7, 11) is 0. The van der Waals surface area contributed by atoms with E-state index in [9.17, 15) is 4.79 Å². The van der Waals surface area contributed by atoms with Crippen molar-refractivity contribution in [2.75, 3.05) is 11.9 Å². The first kappa shape index (κ1) is 15.1. The van der Waals surface area contributed by atoms with Crippen molar-refractivity contribution in [3.8, 4) is 0 Å². The fourth-order valence-corrected chi connectivity index (χ4v) is 3.54. The average Bonchev–Trinajstić information content (AvgIpc) is 2.97. The van der Waals surface area contributed by atoms with E-state index in [1.165, 1.54) is 11.1 Å². The van der Waals surface area contributed by atoms with Crippen LogP contribution in [0.25, 0.3) is 0 Å². The van der Waals surface area contributed by atoms with E-state index in [-0.39, 0.29) is 11.8 Å². The van der Waals surface area contributed by atoms with Gasteiger partial charge in [0.25, 0.3) is 5.91 Å². The smallest absolute Gasteiger partial charge is 0.270 e. The third-order valence-corrected chi connectivity index (χ3v) is 4.81. The van der Waals surface area contributed by atoms with E-state index in [1.54, 1.807) is 0 Å². The van der Waals surface area contributed by atoms with Crippen molar-refractivity contribution >= 4 is 11.7 Å². The van der Waals surface area contributed by atoms with Crippen molar-refractivity contribution < 1.29 is 4.79 Å². The lowest BCUT2D eigenvalue weighted by Gasteiger charge is -2.23. The van der Waals surface area contributed by atoms with Gasteiger partial charge in [0.2, 0.25) is 0 Å². The minimum atomic E-state index is -0.0849. The number of hydrogen-bond acceptors (Lipinski definition) is 4. The largest absolute Gasteiger partial charge is 0.366 e. The minimum Gasteiger partial charge on any atom is -0.366 e. The first-order valence-corrected chi connectivity index (χ1v) is 8.64. The van der Waals surface area contributed by atoms with Crippen molar-refractivity contribution in [3.63, 3.8) is 0 Å². The molecule has 0 radical (unpaired) electrons. The summed E-state index contributed by atoms with van der Waals surface area (Å²) in [4.78, 5) is 21.4. The van der Waals surface area contributed by atoms with Crippen LogP contribution in [0.1, 0.15) is 52.8 Å². The molecule has 2 aromatic rings. The fraction of sp³-hybridized carbons (Fsp3) is 0.421. The summed E-state index contributed by atoms with van der Waals surface area (Å²) >= 11 is 0. The van der Waals surface area contributed by atoms with E-state index in [1.807, 2.05) is 0 Å². The van der Waals surface area contributed by atoms with Gasteiger partial charge in [-0.1, -0.05) is 38.1 Å². The highest BCUT2D eigenvalue weighted by molar-refractivity contribution is 5.96. The van der Waals surface area contributed by atoms with Crippen LogP contribution in [-0.4, -0.2) is 28.5 Å². The zero-order valence-electron chi connectivity index (χ0n) is 14.1. The molecule has 1 aliphatic carbocycles. The molecule has 1 aliphatic heterocycles. The van der Waals surface area contributed by atoms with Crippen molar-refractivity contribution in [1.82, 2.24) is 15.3 Å². The van der Waals surface area contributed by atoms with Crippen LogP contribution in [0.2, 0.25) is 0 Å². The molecule has 24 heavy (non-hydrogen) atoms. The van der Waals surface area contributed by atoms with Crippen LogP contribution in [0.5, 0.6) is 0 Å². The highest BCUT2D eigenvalue weighted by Gasteiger charge is 2.27. The molecule has 1 amide bonds. The number of aromatic nitrogens is 2. The molecule has 0 saturated carbocycles. The Morgan fingerprint density at radius 1 is 1.17 bits per heavy atom. The summed E-state index contributed by atoms with van der Waals surface area (Å²) in [5.41, 5.74) is 4.30. The molecule has 0 atom stereocenters. The van der Waals surface area contributed by atoms with Gasteiger partial charge in [-0.3, -0.25) is 4.79 Å². The van der Waals surface area contributed by atoms with Crippen LogP contribution in [0.15, 0.2) is 24.3 Å². The summed E-state index contributed by atoms with van der Waals surface area (Å²) in [6.07, 6.45) is 2.78. The second-order valence-electron chi connectivity index (χ2n) is 6.94. The van der Waals surface area contributed by atoms with Crippen LogP contribution in [0, 0.1) is 0 Å². The Morgan fingerprint density at radius 2 is 1.88 bits per heavy atom. The SMILES string of the molecule is CC(C)c1nc(NC2Cc3ccccc3C2)c2c(n1)C(=O)NCC2. The Balaban J connectivity index is 1.67. The number of benzene rings is 1. The van der Waals surface area contributed by atoms with Crippen LogP contribution >= 0.6 is 0 Å². The topological polar surface area (TPSA) is 66.9 Å². The molecule has 2 heterocycles. The Kier molecular flexibility index (Phi) is 3.71. The van der Waals surface area contributed by atoms with Crippen LogP contribution in [0.4, 0.5) is 5.82 Å². The van der Waals surface area contributed by atoms with E-state index in [2.05, 4.69) is 53.7 Å². The number of hydrogen-bond donors (Lipinski definition) is 2. The lowest BCUT2D eigenvalue weighted by Crippen LogP contribution is -2.35. The molecule has 0 fully saturated rings. The summed E-state index contributed by atoms with van der Waals surface area (Å²) in [6.45, 7) is 4.76. The second-order valence-corrected chi connectivity index (χ2v) is 6.94. The van der Waals surface area contributed by atoms with E-state index >= 15 is 0 Å². The van der Waals surface area contributed by atoms with Crippen LogP contribution in [0.3, 0.4) is 0 Å². The predicted molar refractivity (Wildman–Crippen MR) is 93.4 cm³/mol. The quantitative estimate of drug-likeness (QED) is 0.911. The molecule has 0 unspecified atom stereocenters. The van der Waals surface area contributed by atoms with Gasteiger partial charge in [0.15, 0.2) is 0 Å². The third-order valence-electron chi connectivity index (χ3n) is 4.81. The van der Waals surface area contributed by atoms with E-state index in [0.29, 0.717) is 18.3 Å². The Morgan fingerprint density at radius 3 is 2.54 bits per heavy atom. The molecule has 2 N–H and O–H groups in total. The van der Waals surface area contributed by atoms with Crippen molar-refractivity contribution in [2.45, 2.75) is 45.1 Å². The molecule has 2 aliphatic rings. The third kappa shape index (κ3) is 2.64. The van der Waals surface area contributed by atoms with Crippen LogP contribution in [-0.2, 0) is 19.3 Å².